The number of carbonyl (C=O) groups excluding carboxylic acids is 3. The Kier molecular flexibility index (Phi) is 13.0. The number of alkyl halides is 2. The molecule has 2 heterocycles. The summed E-state index contributed by atoms with van der Waals surface area (Å²) in [6.07, 6.45) is 3.76. The molecule has 0 bridgehead atoms. The molecule has 2 atom stereocenters. The minimum Gasteiger partial charge on any atom is -0.507 e. The number of carbonyl (C=O) groups is 4. The number of aromatic hydroxyl groups is 1. The molecule has 2 aromatic heterocycles. The van der Waals surface area contributed by atoms with Crippen LogP contribution in [0.25, 0.3) is 11.3 Å². The van der Waals surface area contributed by atoms with Gasteiger partial charge in [-0.25, -0.2) is 9.59 Å². The largest absolute Gasteiger partial charge is 0.507 e. The summed E-state index contributed by atoms with van der Waals surface area (Å²) in [4.78, 5) is 42.7. The minimum absolute atomic E-state index is 0.00471. The van der Waals surface area contributed by atoms with Gasteiger partial charge in [-0.2, -0.15) is 19.0 Å². The summed E-state index contributed by atoms with van der Waals surface area (Å²) >= 11 is 0. The number of amides is 1. The number of alkyl carbamates (subject to hydrolysis) is 1. The van der Waals surface area contributed by atoms with Crippen LogP contribution in [-0.2, 0) is 16.1 Å². The van der Waals surface area contributed by atoms with Crippen molar-refractivity contribution in [2.45, 2.75) is 77.5 Å². The molecule has 1 amide bonds. The van der Waals surface area contributed by atoms with Crippen LogP contribution in [0.3, 0.4) is 0 Å². The molecule has 4 rings (SSSR count). The molecule has 1 aliphatic rings. The second kappa shape index (κ2) is 16.1. The molecule has 0 spiro atoms. The molecule has 5 N–H and O–H groups in total. The Morgan fingerprint density at radius 1 is 1.23 bits per heavy atom. The van der Waals surface area contributed by atoms with Crippen LogP contribution in [0.4, 0.5) is 19.4 Å². The number of H-pyrrole nitrogens is 1. The summed E-state index contributed by atoms with van der Waals surface area (Å²) in [5.41, 5.74) is 2.74. The van der Waals surface area contributed by atoms with Crippen molar-refractivity contribution in [2.24, 2.45) is 0 Å². The molecule has 1 aromatic carbocycles. The van der Waals surface area contributed by atoms with Crippen LogP contribution < -0.4 is 10.6 Å². The number of phenols is 1. The third-order valence-electron chi connectivity index (χ3n) is 6.44. The van der Waals surface area contributed by atoms with Gasteiger partial charge in [-0.3, -0.25) is 19.4 Å². The van der Waals surface area contributed by atoms with Crippen LogP contribution in [0.15, 0.2) is 30.3 Å². The van der Waals surface area contributed by atoms with E-state index in [0.717, 1.165) is 30.8 Å². The standard InChI is InChI=1S/C13H22N4O2.C13H12N2O3.C3H4F2O2/c1-8(2)15-13(18)19-10-5-4-9(6-10)11-7-12(14-3)17-16-11;1-2-15-9(7-16)6-12(14-15)10-4-3-5-13(18)11(10)8-17;1-3(4,5)2(6)7/h7-10H,4-6H2,1-3H3,(H,15,18)(H2,14,16,17);3-8,18H,2H2,1H3;1H3,(H,6,7). The Bertz CT molecular complexity index is 1420. The minimum atomic E-state index is -3.58. The summed E-state index contributed by atoms with van der Waals surface area (Å²) in [6.45, 7) is 6.59. The average Bonchev–Trinajstić information content (AvgIpc) is 3.72. The summed E-state index contributed by atoms with van der Waals surface area (Å²) in [6, 6.07) is 8.46. The Hall–Kier alpha value is -4.82. The van der Waals surface area contributed by atoms with Crippen molar-refractivity contribution < 1.29 is 42.9 Å². The highest BCUT2D eigenvalue weighted by molar-refractivity contribution is 5.90. The second-order valence-corrected chi connectivity index (χ2v) is 10.2. The number of benzene rings is 1. The number of rotatable bonds is 9. The molecule has 1 aliphatic carbocycles. The summed E-state index contributed by atoms with van der Waals surface area (Å²) in [5.74, 6) is -4.53. The average molecular weight is 621 g/mol. The maximum absolute atomic E-state index is 11.5. The maximum Gasteiger partial charge on any atom is 0.407 e. The number of carboxylic acid groups (broad SMARTS) is 1. The lowest BCUT2D eigenvalue weighted by molar-refractivity contribution is -0.161. The third-order valence-corrected chi connectivity index (χ3v) is 6.44. The van der Waals surface area contributed by atoms with Gasteiger partial charge in [-0.05, 0) is 52.2 Å². The number of aliphatic carboxylic acids is 1. The Labute approximate surface area is 253 Å². The van der Waals surface area contributed by atoms with Gasteiger partial charge in [0.25, 0.3) is 0 Å². The van der Waals surface area contributed by atoms with Crippen LogP contribution >= 0.6 is 0 Å². The van der Waals surface area contributed by atoms with E-state index >= 15 is 0 Å². The highest BCUT2D eigenvalue weighted by Gasteiger charge is 2.31. The first kappa shape index (κ1) is 35.4. The van der Waals surface area contributed by atoms with E-state index in [1.807, 2.05) is 33.9 Å². The number of aromatic nitrogens is 4. The zero-order valence-electron chi connectivity index (χ0n) is 25.1. The van der Waals surface area contributed by atoms with E-state index in [-0.39, 0.29) is 29.6 Å². The lowest BCUT2D eigenvalue weighted by Crippen LogP contribution is -2.33. The van der Waals surface area contributed by atoms with Gasteiger partial charge in [0.05, 0.1) is 11.3 Å². The van der Waals surface area contributed by atoms with Crippen molar-refractivity contribution in [3.8, 4) is 17.0 Å². The molecule has 3 aromatic rings. The number of phenolic OH excluding ortho intramolecular Hbond substituents is 1. The molecule has 240 valence electrons. The Morgan fingerprint density at radius 2 is 1.91 bits per heavy atom. The molecule has 15 heteroatoms. The van der Waals surface area contributed by atoms with Crippen LogP contribution in [-0.4, -0.2) is 79.9 Å². The van der Waals surface area contributed by atoms with Crippen molar-refractivity contribution in [3.05, 3.63) is 47.3 Å². The number of carboxylic acids is 1. The number of anilines is 1. The zero-order chi connectivity index (χ0) is 33.0. The summed E-state index contributed by atoms with van der Waals surface area (Å²) in [7, 11) is 1.84. The number of ether oxygens (including phenoxy) is 1. The molecule has 0 aliphatic heterocycles. The van der Waals surface area contributed by atoms with E-state index in [2.05, 4.69) is 25.9 Å². The number of aromatic amines is 1. The molecule has 0 radical (unpaired) electrons. The fourth-order valence-corrected chi connectivity index (χ4v) is 4.24. The fraction of sp³-hybridized carbons (Fsp3) is 0.448. The number of aldehydes is 2. The number of nitrogens with zero attached hydrogens (tertiary/aromatic N) is 3. The second-order valence-electron chi connectivity index (χ2n) is 10.2. The molecule has 1 saturated carbocycles. The van der Waals surface area contributed by atoms with E-state index in [9.17, 15) is 33.1 Å². The van der Waals surface area contributed by atoms with Gasteiger partial charge in [-0.1, -0.05) is 12.1 Å². The number of hydrogen-bond donors (Lipinski definition) is 5. The van der Waals surface area contributed by atoms with E-state index in [1.54, 1.807) is 22.9 Å². The fourth-order valence-electron chi connectivity index (χ4n) is 4.24. The van der Waals surface area contributed by atoms with Crippen LogP contribution in [0, 0.1) is 0 Å². The highest BCUT2D eigenvalue weighted by atomic mass is 19.3. The molecule has 13 nitrogen and oxygen atoms in total. The third kappa shape index (κ3) is 10.2. The predicted octanol–water partition coefficient (Wildman–Crippen LogP) is 4.85. The molecule has 0 saturated heterocycles. The summed E-state index contributed by atoms with van der Waals surface area (Å²) < 4.78 is 29.4. The molecule has 2 unspecified atom stereocenters. The smallest absolute Gasteiger partial charge is 0.407 e. The van der Waals surface area contributed by atoms with Crippen LogP contribution in [0.1, 0.15) is 79.4 Å². The lowest BCUT2D eigenvalue weighted by Gasteiger charge is -2.14. The van der Waals surface area contributed by atoms with Gasteiger partial charge in [-0.15, -0.1) is 0 Å². The van der Waals surface area contributed by atoms with Gasteiger partial charge < -0.3 is 25.6 Å². The monoisotopic (exact) mass is 620 g/mol. The van der Waals surface area contributed by atoms with Gasteiger partial charge in [0.15, 0.2) is 12.6 Å². The highest BCUT2D eigenvalue weighted by Crippen LogP contribution is 2.35. The van der Waals surface area contributed by atoms with Crippen molar-refractivity contribution in [1.29, 1.82) is 0 Å². The van der Waals surface area contributed by atoms with E-state index in [0.29, 0.717) is 48.9 Å². The molecule has 1 fully saturated rings. The van der Waals surface area contributed by atoms with Crippen molar-refractivity contribution in [2.75, 3.05) is 12.4 Å². The topological polar surface area (TPSA) is 189 Å². The molecular weight excluding hydrogens is 582 g/mol. The number of aryl methyl sites for hydroxylation is 1. The Balaban J connectivity index is 0.000000254. The van der Waals surface area contributed by atoms with Gasteiger partial charge in [0.2, 0.25) is 0 Å². The van der Waals surface area contributed by atoms with Gasteiger partial charge >= 0.3 is 18.0 Å². The summed E-state index contributed by atoms with van der Waals surface area (Å²) in [5, 5.41) is 34.3. The van der Waals surface area contributed by atoms with Gasteiger partial charge in [0, 0.05) is 49.8 Å². The lowest BCUT2D eigenvalue weighted by atomic mass is 10.0. The normalized spacial score (nSPS) is 15.7. The quantitative estimate of drug-likeness (QED) is 0.207. The van der Waals surface area contributed by atoms with Crippen molar-refractivity contribution >= 4 is 30.5 Å². The van der Waals surface area contributed by atoms with Gasteiger partial charge in [0.1, 0.15) is 23.4 Å². The maximum atomic E-state index is 11.5. The van der Waals surface area contributed by atoms with Crippen LogP contribution in [0.5, 0.6) is 5.75 Å². The first-order chi connectivity index (χ1) is 20.7. The van der Waals surface area contributed by atoms with Crippen LogP contribution in [0.2, 0.25) is 0 Å². The number of hydrogen-bond acceptors (Lipinski definition) is 9. The predicted molar refractivity (Wildman–Crippen MR) is 157 cm³/mol. The first-order valence-corrected chi connectivity index (χ1v) is 13.9. The van der Waals surface area contributed by atoms with E-state index in [4.69, 9.17) is 9.84 Å². The first-order valence-electron chi connectivity index (χ1n) is 13.9. The SMILES string of the molecule is CC(F)(F)C(=O)O.CCn1nc(-c2cccc(O)c2C=O)cc1C=O.CNc1cc(C2CCC(OC(=O)NC(C)C)C2)[nH]n1. The van der Waals surface area contributed by atoms with E-state index < -0.39 is 11.9 Å². The molecule has 44 heavy (non-hydrogen) atoms. The van der Waals surface area contributed by atoms with Crippen molar-refractivity contribution in [1.82, 2.24) is 25.3 Å². The van der Waals surface area contributed by atoms with Crippen molar-refractivity contribution in [3.63, 3.8) is 0 Å². The zero-order valence-corrected chi connectivity index (χ0v) is 25.1. The Morgan fingerprint density at radius 3 is 2.41 bits per heavy atom. The number of nitrogens with one attached hydrogen (secondary N) is 3. The van der Waals surface area contributed by atoms with E-state index in [1.165, 1.54) is 6.07 Å². The number of halogens is 2. The molecular formula is C29H38F2N6O7.